The Balaban J connectivity index is 1.38. The number of carbonyl (C=O) groups is 2. The summed E-state index contributed by atoms with van der Waals surface area (Å²) < 4.78 is 16.0. The summed E-state index contributed by atoms with van der Waals surface area (Å²) in [5, 5.41) is 6.65. The summed E-state index contributed by atoms with van der Waals surface area (Å²) >= 11 is 1.50. The van der Waals surface area contributed by atoms with Gasteiger partial charge in [0.15, 0.2) is 5.69 Å². The number of hydrogen-bond donors (Lipinski definition) is 0. The second-order valence-corrected chi connectivity index (χ2v) is 9.59. The van der Waals surface area contributed by atoms with Gasteiger partial charge in [-0.05, 0) is 30.4 Å². The van der Waals surface area contributed by atoms with Gasteiger partial charge in [0.1, 0.15) is 5.82 Å². The van der Waals surface area contributed by atoms with E-state index in [4.69, 9.17) is 5.10 Å². The van der Waals surface area contributed by atoms with Crippen molar-refractivity contribution >= 4 is 23.2 Å². The molecular formula is C24H26FN5O2S. The number of rotatable bonds is 7. The topological polar surface area (TPSA) is 71.3 Å². The van der Waals surface area contributed by atoms with Crippen molar-refractivity contribution < 1.29 is 14.0 Å². The van der Waals surface area contributed by atoms with Crippen LogP contribution >= 0.6 is 11.3 Å². The third-order valence-corrected chi connectivity index (χ3v) is 6.98. The highest BCUT2D eigenvalue weighted by Gasteiger charge is 2.33. The molecule has 172 valence electrons. The largest absolute Gasteiger partial charge is 0.338 e. The first-order valence-electron chi connectivity index (χ1n) is 11.2. The fourth-order valence-corrected chi connectivity index (χ4v) is 4.85. The van der Waals surface area contributed by atoms with E-state index in [1.54, 1.807) is 40.6 Å². The Labute approximate surface area is 195 Å². The molecular weight excluding hydrogens is 441 g/mol. The van der Waals surface area contributed by atoms with Crippen molar-refractivity contribution in [3.8, 4) is 0 Å². The molecule has 7 nitrogen and oxygen atoms in total. The second kappa shape index (κ2) is 9.05. The Morgan fingerprint density at radius 3 is 2.82 bits per heavy atom. The molecule has 5 rings (SSSR count). The number of halogens is 1. The molecule has 9 heteroatoms. The van der Waals surface area contributed by atoms with Gasteiger partial charge in [-0.2, -0.15) is 5.10 Å². The molecule has 33 heavy (non-hydrogen) atoms. The maximum atomic E-state index is 14.1. The molecule has 1 fully saturated rings. The number of aromatic nitrogens is 3. The summed E-state index contributed by atoms with van der Waals surface area (Å²) in [6, 6.07) is 6.36. The number of benzene rings is 1. The summed E-state index contributed by atoms with van der Waals surface area (Å²) in [4.78, 5) is 33.9. The minimum absolute atomic E-state index is 0.00518. The summed E-state index contributed by atoms with van der Waals surface area (Å²) in [6.07, 6.45) is 3.02. The zero-order chi connectivity index (χ0) is 22.9. The lowest BCUT2D eigenvalue weighted by Crippen LogP contribution is -2.38. The molecule has 0 unspecified atom stereocenters. The summed E-state index contributed by atoms with van der Waals surface area (Å²) in [5.41, 5.74) is 5.24. The van der Waals surface area contributed by atoms with Gasteiger partial charge in [-0.1, -0.05) is 18.2 Å². The van der Waals surface area contributed by atoms with E-state index >= 15 is 0 Å². The highest BCUT2D eigenvalue weighted by molar-refractivity contribution is 7.07. The number of carbonyl (C=O) groups excluding carboxylic acids is 2. The van der Waals surface area contributed by atoms with Gasteiger partial charge in [0, 0.05) is 49.7 Å². The van der Waals surface area contributed by atoms with Crippen LogP contribution in [0.25, 0.3) is 0 Å². The molecule has 1 aliphatic heterocycles. The zero-order valence-electron chi connectivity index (χ0n) is 18.5. The van der Waals surface area contributed by atoms with Gasteiger partial charge in [0.05, 0.1) is 24.2 Å². The van der Waals surface area contributed by atoms with Gasteiger partial charge in [-0.15, -0.1) is 11.3 Å². The third kappa shape index (κ3) is 4.68. The lowest BCUT2D eigenvalue weighted by atomic mass is 10.0. The van der Waals surface area contributed by atoms with Crippen LogP contribution in [0, 0.1) is 11.7 Å². The molecule has 0 bridgehead atoms. The van der Waals surface area contributed by atoms with Crippen molar-refractivity contribution in [1.82, 2.24) is 24.6 Å². The molecule has 2 amide bonds. The Bertz CT molecular complexity index is 1170. The van der Waals surface area contributed by atoms with Gasteiger partial charge >= 0.3 is 0 Å². The molecule has 0 spiro atoms. The first-order chi connectivity index (χ1) is 16.0. The number of nitrogens with zero attached hydrogens (tertiary/aromatic N) is 5. The predicted octanol–water partition coefficient (Wildman–Crippen LogP) is 3.29. The molecule has 2 aliphatic rings. The molecule has 1 saturated carbocycles. The van der Waals surface area contributed by atoms with Crippen molar-refractivity contribution in [3.05, 3.63) is 69.2 Å². The average molecular weight is 468 g/mol. The van der Waals surface area contributed by atoms with Gasteiger partial charge in [0.25, 0.3) is 5.91 Å². The lowest BCUT2D eigenvalue weighted by molar-refractivity contribution is -0.131. The quantitative estimate of drug-likeness (QED) is 0.535. The average Bonchev–Trinajstić information content (AvgIpc) is 3.35. The molecule has 0 saturated heterocycles. The molecule has 1 aliphatic carbocycles. The highest BCUT2D eigenvalue weighted by atomic mass is 32.1. The van der Waals surface area contributed by atoms with E-state index < -0.39 is 0 Å². The maximum absolute atomic E-state index is 14.1. The number of amides is 2. The van der Waals surface area contributed by atoms with Crippen molar-refractivity contribution in [3.63, 3.8) is 0 Å². The van der Waals surface area contributed by atoms with E-state index in [9.17, 15) is 14.0 Å². The van der Waals surface area contributed by atoms with Crippen LogP contribution in [0.1, 0.15) is 45.8 Å². The minimum atomic E-state index is -0.375. The van der Waals surface area contributed by atoms with Crippen molar-refractivity contribution in [2.45, 2.75) is 45.3 Å². The summed E-state index contributed by atoms with van der Waals surface area (Å²) in [5.74, 6) is -0.0714. The van der Waals surface area contributed by atoms with Crippen LogP contribution in [0.5, 0.6) is 0 Å². The van der Waals surface area contributed by atoms with Crippen molar-refractivity contribution in [2.24, 2.45) is 5.92 Å². The van der Waals surface area contributed by atoms with Crippen LogP contribution < -0.4 is 0 Å². The van der Waals surface area contributed by atoms with Gasteiger partial charge in [-0.3, -0.25) is 14.3 Å². The molecule has 3 aromatic rings. The van der Waals surface area contributed by atoms with Crippen LogP contribution in [0.4, 0.5) is 4.39 Å². The van der Waals surface area contributed by atoms with Gasteiger partial charge in [0.2, 0.25) is 5.91 Å². The Kier molecular flexibility index (Phi) is 5.97. The molecule has 3 heterocycles. The fraction of sp³-hybridized carbons (Fsp3) is 0.417. The minimum Gasteiger partial charge on any atom is -0.338 e. The van der Waals surface area contributed by atoms with Gasteiger partial charge in [-0.25, -0.2) is 9.37 Å². The number of hydrogen-bond acceptors (Lipinski definition) is 5. The fourth-order valence-electron chi connectivity index (χ4n) is 4.30. The first kappa shape index (κ1) is 21.8. The van der Waals surface area contributed by atoms with Crippen LogP contribution in [0.2, 0.25) is 0 Å². The van der Waals surface area contributed by atoms with E-state index in [1.807, 2.05) is 10.1 Å². The summed E-state index contributed by atoms with van der Waals surface area (Å²) in [7, 11) is 1.75. The standard InChI is InChI=1S/C24H26FN5O2S/c1-28(12-18-14-33-15-26-18)24(32)23-19-13-29(22(31)10-17-4-2-3-5-20(17)25)9-8-21(19)30(27-23)11-16-6-7-16/h2-5,14-16H,6-13H2,1H3. The molecule has 0 atom stereocenters. The zero-order valence-corrected chi connectivity index (χ0v) is 19.4. The SMILES string of the molecule is CN(Cc1cscn1)C(=O)c1nn(CC2CC2)c2c1CN(C(=O)Cc1ccccc1F)CC2. The Hall–Kier alpha value is -3.07. The van der Waals surface area contributed by atoms with Crippen LogP contribution in [0.3, 0.4) is 0 Å². The van der Waals surface area contributed by atoms with E-state index in [1.165, 1.54) is 30.2 Å². The second-order valence-electron chi connectivity index (χ2n) is 8.87. The molecule has 0 N–H and O–H groups in total. The number of thiazole rings is 1. The Morgan fingerprint density at radius 2 is 2.09 bits per heavy atom. The highest BCUT2D eigenvalue weighted by Crippen LogP contribution is 2.33. The monoisotopic (exact) mass is 467 g/mol. The molecule has 2 aromatic heterocycles. The maximum Gasteiger partial charge on any atom is 0.274 e. The van der Waals surface area contributed by atoms with E-state index in [0.717, 1.165) is 23.5 Å². The van der Waals surface area contributed by atoms with Crippen molar-refractivity contribution in [1.29, 1.82) is 0 Å². The smallest absolute Gasteiger partial charge is 0.274 e. The predicted molar refractivity (Wildman–Crippen MR) is 122 cm³/mol. The van der Waals surface area contributed by atoms with Gasteiger partial charge < -0.3 is 9.80 Å². The third-order valence-electron chi connectivity index (χ3n) is 6.35. The van der Waals surface area contributed by atoms with E-state index in [0.29, 0.717) is 43.2 Å². The van der Waals surface area contributed by atoms with Crippen molar-refractivity contribution in [2.75, 3.05) is 13.6 Å². The van der Waals surface area contributed by atoms with Crippen LogP contribution in [-0.2, 0) is 37.3 Å². The lowest BCUT2D eigenvalue weighted by Gasteiger charge is -2.28. The normalized spacial score (nSPS) is 15.4. The van der Waals surface area contributed by atoms with E-state index in [-0.39, 0.29) is 24.1 Å². The molecule has 0 radical (unpaired) electrons. The Morgan fingerprint density at radius 1 is 1.27 bits per heavy atom. The van der Waals surface area contributed by atoms with Crippen LogP contribution in [-0.4, -0.2) is 50.0 Å². The summed E-state index contributed by atoms with van der Waals surface area (Å²) in [6.45, 7) is 2.08. The molecule has 1 aromatic carbocycles. The number of fused-ring (bicyclic) bond motifs is 1. The van der Waals surface area contributed by atoms with Crippen LogP contribution in [0.15, 0.2) is 35.2 Å². The first-order valence-corrected chi connectivity index (χ1v) is 12.2. The van der Waals surface area contributed by atoms with E-state index in [2.05, 4.69) is 4.98 Å².